The van der Waals surface area contributed by atoms with Crippen molar-refractivity contribution in [3.8, 4) is 16.9 Å². The van der Waals surface area contributed by atoms with Gasteiger partial charge in [-0.05, 0) is 75.8 Å². The maximum absolute atomic E-state index is 13.4. The molecule has 0 spiro atoms. The van der Waals surface area contributed by atoms with Crippen LogP contribution in [-0.2, 0) is 16.8 Å². The largest absolute Gasteiger partial charge is 0.444 e. The summed E-state index contributed by atoms with van der Waals surface area (Å²) >= 11 is 0. The van der Waals surface area contributed by atoms with Gasteiger partial charge in [0, 0.05) is 29.4 Å². The third kappa shape index (κ3) is 6.90. The summed E-state index contributed by atoms with van der Waals surface area (Å²) in [4.78, 5) is 26.9. The molecule has 1 N–H and O–H groups in total. The number of rotatable bonds is 11. The number of amides is 1. The van der Waals surface area contributed by atoms with Gasteiger partial charge in [-0.25, -0.2) is 19.7 Å². The van der Waals surface area contributed by atoms with Crippen LogP contribution in [0.1, 0.15) is 82.1 Å². The van der Waals surface area contributed by atoms with Crippen molar-refractivity contribution in [2.75, 3.05) is 0 Å². The molecular formula is C35H39F2N5O3. The molecular weight excluding hydrogens is 576 g/mol. The lowest BCUT2D eigenvalue weighted by Gasteiger charge is -2.41. The first-order valence-corrected chi connectivity index (χ1v) is 15.1. The van der Waals surface area contributed by atoms with Gasteiger partial charge in [0.15, 0.2) is 5.82 Å². The number of carbonyl (C=O) groups is 1. The quantitative estimate of drug-likeness (QED) is 0.171. The van der Waals surface area contributed by atoms with E-state index in [1.807, 2.05) is 55.7 Å². The molecule has 1 saturated carbocycles. The number of carbonyl (C=O) groups excluding carboxylic acids is 1. The highest BCUT2D eigenvalue weighted by molar-refractivity contribution is 5.83. The molecule has 2 aromatic carbocycles. The van der Waals surface area contributed by atoms with Crippen molar-refractivity contribution >= 4 is 23.2 Å². The van der Waals surface area contributed by atoms with Crippen molar-refractivity contribution in [1.82, 2.24) is 24.8 Å². The number of allylic oxidation sites excluding steroid dienone is 1. The van der Waals surface area contributed by atoms with Crippen LogP contribution in [-0.4, -0.2) is 37.8 Å². The standard InChI is InChI=1S/C35H39F2N5O3/c1-7-11-22(3)30-40-27-15-14-24(18-28(27)42(30)21-26-23(8-2)12-9-13-29(26)44-32(36)37)25-19-38-31(39-20-25)35(16-10-17-35)41-33(43)45-34(4,5)6/h7-9,12-15,18-20,22,32H,1-2,10-11,16-17,21H2,3-6H3,(H,41,43). The topological polar surface area (TPSA) is 91.2 Å². The number of hydrogen-bond donors (Lipinski definition) is 1. The number of nitrogens with zero attached hydrogens (tertiary/aromatic N) is 4. The predicted molar refractivity (Wildman–Crippen MR) is 171 cm³/mol. The maximum atomic E-state index is 13.4. The highest BCUT2D eigenvalue weighted by Crippen LogP contribution is 2.40. The second kappa shape index (κ2) is 12.8. The molecule has 2 heterocycles. The highest BCUT2D eigenvalue weighted by Gasteiger charge is 2.43. The van der Waals surface area contributed by atoms with Crippen LogP contribution < -0.4 is 10.1 Å². The molecule has 0 aliphatic heterocycles. The average Bonchev–Trinajstić information content (AvgIpc) is 3.32. The van der Waals surface area contributed by atoms with Crippen LogP contribution >= 0.6 is 0 Å². The van der Waals surface area contributed by atoms with Crippen molar-refractivity contribution < 1.29 is 23.0 Å². The summed E-state index contributed by atoms with van der Waals surface area (Å²) in [5, 5.41) is 3.00. The monoisotopic (exact) mass is 615 g/mol. The fraction of sp³-hybridized carbons (Fsp3) is 0.371. The third-order valence-corrected chi connectivity index (χ3v) is 8.02. The van der Waals surface area contributed by atoms with Crippen LogP contribution in [0.5, 0.6) is 5.75 Å². The number of alkyl carbamates (subject to hydrolysis) is 1. The van der Waals surface area contributed by atoms with Crippen molar-refractivity contribution in [3.63, 3.8) is 0 Å². The molecule has 2 aromatic heterocycles. The van der Waals surface area contributed by atoms with Gasteiger partial charge in [0.1, 0.15) is 22.7 Å². The van der Waals surface area contributed by atoms with Crippen molar-refractivity contribution in [2.45, 2.75) is 83.6 Å². The Morgan fingerprint density at radius 3 is 2.47 bits per heavy atom. The van der Waals surface area contributed by atoms with Gasteiger partial charge < -0.3 is 19.4 Å². The first kappa shape index (κ1) is 31.8. The zero-order chi connectivity index (χ0) is 32.4. The van der Waals surface area contributed by atoms with E-state index in [4.69, 9.17) is 14.5 Å². The second-order valence-corrected chi connectivity index (χ2v) is 12.4. The average molecular weight is 616 g/mol. The van der Waals surface area contributed by atoms with Crippen LogP contribution in [0.3, 0.4) is 0 Å². The fourth-order valence-corrected chi connectivity index (χ4v) is 5.68. The van der Waals surface area contributed by atoms with Gasteiger partial charge >= 0.3 is 12.7 Å². The van der Waals surface area contributed by atoms with Gasteiger partial charge in [-0.1, -0.05) is 43.9 Å². The predicted octanol–water partition coefficient (Wildman–Crippen LogP) is 8.37. The van der Waals surface area contributed by atoms with E-state index in [-0.39, 0.29) is 18.2 Å². The molecule has 45 heavy (non-hydrogen) atoms. The molecule has 1 atom stereocenters. The summed E-state index contributed by atoms with van der Waals surface area (Å²) in [6.45, 7) is 12.6. The summed E-state index contributed by atoms with van der Waals surface area (Å²) in [5.41, 5.74) is 3.25. The van der Waals surface area contributed by atoms with Crippen molar-refractivity contribution in [3.05, 3.63) is 90.8 Å². The number of aromatic nitrogens is 4. The Balaban J connectivity index is 1.52. The summed E-state index contributed by atoms with van der Waals surface area (Å²) in [6, 6.07) is 10.9. The number of halogens is 2. The minimum absolute atomic E-state index is 0.0208. The minimum Gasteiger partial charge on any atom is -0.444 e. The lowest BCUT2D eigenvalue weighted by Crippen LogP contribution is -2.53. The summed E-state index contributed by atoms with van der Waals surface area (Å²) in [6.07, 6.45) is 9.59. The van der Waals surface area contributed by atoms with E-state index < -0.39 is 23.8 Å². The fourth-order valence-electron chi connectivity index (χ4n) is 5.68. The zero-order valence-electron chi connectivity index (χ0n) is 26.1. The van der Waals surface area contributed by atoms with E-state index in [0.717, 1.165) is 47.2 Å². The van der Waals surface area contributed by atoms with E-state index in [9.17, 15) is 13.6 Å². The molecule has 0 saturated heterocycles. The number of nitrogens with one attached hydrogen (secondary N) is 1. The zero-order valence-corrected chi connectivity index (χ0v) is 26.1. The summed E-state index contributed by atoms with van der Waals surface area (Å²) in [5.74, 6) is 1.46. The first-order valence-electron chi connectivity index (χ1n) is 15.1. The Hall–Kier alpha value is -4.60. The van der Waals surface area contributed by atoms with Crippen LogP contribution in [0, 0.1) is 0 Å². The Kier molecular flexibility index (Phi) is 9.04. The van der Waals surface area contributed by atoms with Gasteiger partial charge in [-0.3, -0.25) is 0 Å². The van der Waals surface area contributed by atoms with E-state index in [1.54, 1.807) is 24.5 Å². The maximum Gasteiger partial charge on any atom is 0.408 e. The molecule has 4 aromatic rings. The van der Waals surface area contributed by atoms with Gasteiger partial charge in [-0.2, -0.15) is 8.78 Å². The number of benzene rings is 2. The molecule has 8 nitrogen and oxygen atoms in total. The smallest absolute Gasteiger partial charge is 0.408 e. The molecule has 1 fully saturated rings. The number of alkyl halides is 2. The highest BCUT2D eigenvalue weighted by atomic mass is 19.3. The molecule has 1 aliphatic rings. The van der Waals surface area contributed by atoms with E-state index in [2.05, 4.69) is 35.4 Å². The van der Waals surface area contributed by atoms with Crippen LogP contribution in [0.25, 0.3) is 28.2 Å². The Labute approximate surface area is 262 Å². The van der Waals surface area contributed by atoms with Gasteiger partial charge in [-0.15, -0.1) is 6.58 Å². The molecule has 5 rings (SSSR count). The number of imidazole rings is 1. The van der Waals surface area contributed by atoms with Crippen LogP contribution in [0.4, 0.5) is 13.6 Å². The third-order valence-electron chi connectivity index (χ3n) is 8.02. The molecule has 1 aliphatic carbocycles. The Morgan fingerprint density at radius 1 is 1.13 bits per heavy atom. The molecule has 1 amide bonds. The Morgan fingerprint density at radius 2 is 1.87 bits per heavy atom. The van der Waals surface area contributed by atoms with E-state index in [0.29, 0.717) is 23.4 Å². The first-order chi connectivity index (χ1) is 21.4. The van der Waals surface area contributed by atoms with Crippen molar-refractivity contribution in [2.24, 2.45) is 0 Å². The molecule has 1 unspecified atom stereocenters. The number of hydrogen-bond acceptors (Lipinski definition) is 6. The molecule has 0 bridgehead atoms. The summed E-state index contributed by atoms with van der Waals surface area (Å²) < 4.78 is 39.1. The van der Waals surface area contributed by atoms with Gasteiger partial charge in [0.25, 0.3) is 0 Å². The minimum atomic E-state index is -2.96. The van der Waals surface area contributed by atoms with Gasteiger partial charge in [0.05, 0.1) is 17.6 Å². The SMILES string of the molecule is C=CCC(C)c1nc2ccc(-c3cnc(C4(NC(=O)OC(C)(C)C)CCC4)nc3)cc2n1Cc1c(C=C)cccc1OC(F)F. The van der Waals surface area contributed by atoms with Gasteiger partial charge in [0.2, 0.25) is 0 Å². The molecule has 0 radical (unpaired) electrons. The van der Waals surface area contributed by atoms with E-state index in [1.165, 1.54) is 6.07 Å². The lowest BCUT2D eigenvalue weighted by atomic mass is 9.76. The molecule has 10 heteroatoms. The number of fused-ring (bicyclic) bond motifs is 1. The second-order valence-electron chi connectivity index (χ2n) is 12.4. The Bertz CT molecular complexity index is 1710. The van der Waals surface area contributed by atoms with Crippen LogP contribution in [0.2, 0.25) is 0 Å². The van der Waals surface area contributed by atoms with Crippen LogP contribution in [0.15, 0.2) is 68.0 Å². The molecule has 236 valence electrons. The van der Waals surface area contributed by atoms with Crippen molar-refractivity contribution in [1.29, 1.82) is 0 Å². The van der Waals surface area contributed by atoms with E-state index >= 15 is 0 Å². The lowest BCUT2D eigenvalue weighted by molar-refractivity contribution is -0.0505. The normalized spacial score (nSPS) is 14.9. The number of ether oxygens (including phenoxy) is 2. The summed E-state index contributed by atoms with van der Waals surface area (Å²) in [7, 11) is 0.